The lowest BCUT2D eigenvalue weighted by molar-refractivity contribution is -0.126. The number of rotatable bonds is 7. The molecule has 0 saturated carbocycles. The Bertz CT molecular complexity index is 1400. The molecule has 2 aromatic heterocycles. The number of ether oxygens (including phenoxy) is 1. The molecule has 4 rings (SSSR count). The minimum atomic E-state index is -3.07. The summed E-state index contributed by atoms with van der Waals surface area (Å²) < 4.78 is 32.7. The van der Waals surface area contributed by atoms with Gasteiger partial charge in [0.25, 0.3) is 0 Å². The third kappa shape index (κ3) is 4.42. The Hall–Kier alpha value is -2.89. The van der Waals surface area contributed by atoms with Crippen LogP contribution in [0.3, 0.4) is 0 Å². The Morgan fingerprint density at radius 2 is 2.09 bits per heavy atom. The fourth-order valence-electron chi connectivity index (χ4n) is 3.45. The highest BCUT2D eigenvalue weighted by Crippen LogP contribution is 2.34. The Kier molecular flexibility index (Phi) is 6.70. The van der Waals surface area contributed by atoms with Crippen LogP contribution in [-0.2, 0) is 10.3 Å². The van der Waals surface area contributed by atoms with E-state index in [-0.39, 0.29) is 28.0 Å². The van der Waals surface area contributed by atoms with Crippen molar-refractivity contribution in [2.45, 2.75) is 32.4 Å². The van der Waals surface area contributed by atoms with E-state index in [1.807, 2.05) is 6.92 Å². The van der Waals surface area contributed by atoms with Gasteiger partial charge in [-0.2, -0.15) is 13.3 Å². The molecule has 0 aliphatic carbocycles. The number of para-hydroxylation sites is 1. The van der Waals surface area contributed by atoms with Crippen molar-refractivity contribution in [3.05, 3.63) is 51.7 Å². The molecule has 4 aromatic rings. The van der Waals surface area contributed by atoms with Crippen molar-refractivity contribution in [2.24, 2.45) is 5.73 Å². The summed E-state index contributed by atoms with van der Waals surface area (Å²) in [6.45, 7) is 0.815. The summed E-state index contributed by atoms with van der Waals surface area (Å²) in [4.78, 5) is 22.1. The number of carbonyl (C=O) groups is 1. The van der Waals surface area contributed by atoms with Gasteiger partial charge in [0.1, 0.15) is 5.75 Å². The maximum atomic E-state index is 13.0. The lowest BCUT2D eigenvalue weighted by Gasteiger charge is -2.23. The molecule has 1 amide bonds. The molecule has 178 valence electrons. The second-order valence-electron chi connectivity index (χ2n) is 7.72. The number of nitrogens with zero attached hydrogens (tertiary/aromatic N) is 4. The van der Waals surface area contributed by atoms with Crippen LogP contribution in [0.25, 0.3) is 27.9 Å². The van der Waals surface area contributed by atoms with Gasteiger partial charge in [-0.15, -0.1) is 5.10 Å². The van der Waals surface area contributed by atoms with Crippen molar-refractivity contribution in [2.75, 3.05) is 6.54 Å². The van der Waals surface area contributed by atoms with Crippen LogP contribution in [0.4, 0.5) is 8.78 Å². The smallest absolute Gasteiger partial charge is 0.387 e. The second-order valence-corrected chi connectivity index (χ2v) is 9.01. The number of hydrogen-bond donors (Lipinski definition) is 2. The highest BCUT2D eigenvalue weighted by molar-refractivity contribution is 9.10. The molecule has 2 aromatic carbocycles. The number of benzene rings is 2. The topological polar surface area (TPSA) is 107 Å². The molecule has 12 heteroatoms. The van der Waals surface area contributed by atoms with E-state index in [1.165, 1.54) is 29.6 Å². The van der Waals surface area contributed by atoms with Crippen molar-refractivity contribution in [1.82, 2.24) is 24.9 Å². The second kappa shape index (κ2) is 9.40. The minimum absolute atomic E-state index is 0.0765. The van der Waals surface area contributed by atoms with Crippen molar-refractivity contribution in [1.29, 1.82) is 0 Å². The number of halogens is 4. The van der Waals surface area contributed by atoms with E-state index in [0.717, 1.165) is 6.42 Å². The summed E-state index contributed by atoms with van der Waals surface area (Å²) in [5, 5.41) is 8.10. The van der Waals surface area contributed by atoms with Crippen LogP contribution < -0.4 is 15.8 Å². The predicted octanol–water partition coefficient (Wildman–Crippen LogP) is 4.66. The van der Waals surface area contributed by atoms with E-state index in [0.29, 0.717) is 27.6 Å². The fraction of sp³-hybridized carbons (Fsp3) is 0.273. The van der Waals surface area contributed by atoms with Crippen molar-refractivity contribution < 1.29 is 18.3 Å². The zero-order chi connectivity index (χ0) is 24.6. The zero-order valence-corrected chi connectivity index (χ0v) is 20.5. The molecule has 0 spiro atoms. The van der Waals surface area contributed by atoms with Gasteiger partial charge in [-0.1, -0.05) is 24.6 Å². The zero-order valence-electron chi connectivity index (χ0n) is 18.2. The lowest BCUT2D eigenvalue weighted by atomic mass is 10.0. The molecule has 0 radical (unpaired) electrons. The number of nitrogens with one attached hydrogen (secondary N) is 1. The first kappa shape index (κ1) is 24.2. The van der Waals surface area contributed by atoms with Crippen LogP contribution in [0, 0.1) is 0 Å². The highest BCUT2D eigenvalue weighted by Gasteiger charge is 2.36. The molecule has 0 bridgehead atoms. The number of hydrogen-bond acceptors (Lipinski definition) is 6. The molecule has 0 fully saturated rings. The van der Waals surface area contributed by atoms with Gasteiger partial charge in [0.15, 0.2) is 22.8 Å². The summed E-state index contributed by atoms with van der Waals surface area (Å²) >= 11 is 9.46. The number of fused-ring (bicyclic) bond motifs is 3. The lowest BCUT2D eigenvalue weighted by Crippen LogP contribution is -2.51. The minimum Gasteiger partial charge on any atom is -0.434 e. The largest absolute Gasteiger partial charge is 0.434 e. The quantitative estimate of drug-likeness (QED) is 0.345. The van der Waals surface area contributed by atoms with Crippen LogP contribution in [0.15, 0.2) is 40.9 Å². The van der Waals surface area contributed by atoms with Crippen LogP contribution >= 0.6 is 27.5 Å². The summed E-state index contributed by atoms with van der Waals surface area (Å²) in [5.41, 5.74) is 5.95. The van der Waals surface area contributed by atoms with E-state index in [1.54, 1.807) is 18.2 Å². The van der Waals surface area contributed by atoms with Gasteiger partial charge in [-0.05, 0) is 59.6 Å². The first-order valence-corrected chi connectivity index (χ1v) is 11.5. The summed E-state index contributed by atoms with van der Waals surface area (Å²) in [6, 6.07) is 9.63. The molecule has 3 N–H and O–H groups in total. The highest BCUT2D eigenvalue weighted by atomic mass is 79.9. The summed E-state index contributed by atoms with van der Waals surface area (Å²) in [5.74, 6) is -0.429. The number of nitrogens with two attached hydrogens (primary N) is 1. The van der Waals surface area contributed by atoms with Crippen LogP contribution in [0.1, 0.15) is 26.1 Å². The number of aromatic nitrogens is 4. The van der Waals surface area contributed by atoms with Gasteiger partial charge >= 0.3 is 6.61 Å². The van der Waals surface area contributed by atoms with Gasteiger partial charge in [-0.25, -0.2) is 9.97 Å². The third-order valence-corrected chi connectivity index (χ3v) is 6.00. The van der Waals surface area contributed by atoms with E-state index in [9.17, 15) is 13.6 Å². The normalized spacial score (nSPS) is 13.4. The van der Waals surface area contributed by atoms with Gasteiger partial charge in [0, 0.05) is 21.4 Å². The standard InChI is InChI=1S/C22H20BrClF2N6O2/c1-3-9-28-20(33)22(2,27)19-29-16-13(5-4-6-14(16)23)18-30-17(31-32(18)19)12-8-7-11(24)10-15(12)34-21(25)26/h4-8,10,21H,3,9,27H2,1-2H3,(H,28,33)/t22-/m1/s1. The van der Waals surface area contributed by atoms with Crippen LogP contribution in [0.2, 0.25) is 5.02 Å². The summed E-state index contributed by atoms with van der Waals surface area (Å²) in [6.07, 6.45) is 0.727. The third-order valence-electron chi connectivity index (χ3n) is 5.13. The number of alkyl halides is 2. The molecule has 8 nitrogen and oxygen atoms in total. The van der Waals surface area contributed by atoms with E-state index < -0.39 is 18.1 Å². The molecule has 0 unspecified atom stereocenters. The number of carbonyl (C=O) groups excluding carboxylic acids is 1. The Morgan fingerprint density at radius 1 is 1.32 bits per heavy atom. The SMILES string of the molecule is CCCNC(=O)[C@](C)(N)c1nc2c(Br)cccc2c2nc(-c3ccc(Cl)cc3OC(F)F)nn12. The Labute approximate surface area is 206 Å². The first-order valence-electron chi connectivity index (χ1n) is 10.3. The first-order chi connectivity index (χ1) is 16.1. The Balaban J connectivity index is 2.00. The average molecular weight is 554 g/mol. The maximum absolute atomic E-state index is 13.0. The fourth-order valence-corrected chi connectivity index (χ4v) is 4.06. The molecule has 34 heavy (non-hydrogen) atoms. The van der Waals surface area contributed by atoms with Gasteiger partial charge < -0.3 is 15.8 Å². The summed E-state index contributed by atoms with van der Waals surface area (Å²) in [7, 11) is 0. The van der Waals surface area contributed by atoms with E-state index in [4.69, 9.17) is 17.3 Å². The molecule has 0 saturated heterocycles. The van der Waals surface area contributed by atoms with Crippen molar-refractivity contribution >= 4 is 50.0 Å². The van der Waals surface area contributed by atoms with Gasteiger partial charge in [0.2, 0.25) is 5.91 Å². The average Bonchev–Trinajstić information content (AvgIpc) is 3.22. The molecule has 0 aliphatic heterocycles. The van der Waals surface area contributed by atoms with Gasteiger partial charge in [-0.3, -0.25) is 4.79 Å². The van der Waals surface area contributed by atoms with Crippen molar-refractivity contribution in [3.63, 3.8) is 0 Å². The van der Waals surface area contributed by atoms with Gasteiger partial charge in [0.05, 0.1) is 11.1 Å². The van der Waals surface area contributed by atoms with E-state index in [2.05, 4.69) is 41.1 Å². The molecule has 1 atom stereocenters. The Morgan fingerprint density at radius 3 is 2.79 bits per heavy atom. The predicted molar refractivity (Wildman–Crippen MR) is 128 cm³/mol. The number of amides is 1. The molecule has 2 heterocycles. The molecule has 0 aliphatic rings. The van der Waals surface area contributed by atoms with Crippen molar-refractivity contribution in [3.8, 4) is 17.1 Å². The molecular formula is C22H20BrClF2N6O2. The monoisotopic (exact) mass is 552 g/mol. The van der Waals surface area contributed by atoms with Crippen LogP contribution in [-0.4, -0.2) is 38.6 Å². The van der Waals surface area contributed by atoms with E-state index >= 15 is 0 Å². The molecular weight excluding hydrogens is 534 g/mol. The maximum Gasteiger partial charge on any atom is 0.387 e. The van der Waals surface area contributed by atoms with Crippen LogP contribution in [0.5, 0.6) is 5.75 Å².